The van der Waals surface area contributed by atoms with Crippen molar-refractivity contribution in [2.24, 2.45) is 0 Å². The number of hydrogen-bond donors (Lipinski definition) is 0. The Balaban J connectivity index is 0. The van der Waals surface area contributed by atoms with Gasteiger partial charge in [-0.25, -0.2) is 0 Å². The Hall–Kier alpha value is 3.64. The Morgan fingerprint density at radius 2 is 0.333 bits per heavy atom. The summed E-state index contributed by atoms with van der Waals surface area (Å²) in [7, 11) is 0. The predicted molar refractivity (Wildman–Crippen MR) is 23.0 cm³/mol. The van der Waals surface area contributed by atoms with Crippen molar-refractivity contribution >= 4 is 92.2 Å². The molecule has 0 amide bonds. The van der Waals surface area contributed by atoms with Crippen LogP contribution in [0.2, 0.25) is 0 Å². The average molecular weight is 168 g/mol. The molecule has 0 unspecified atom stereocenters. The number of rotatable bonds is 0. The monoisotopic (exact) mass is 166 g/mol. The van der Waals surface area contributed by atoms with Gasteiger partial charge in [-0.3, -0.25) is 0 Å². The molecule has 0 spiro atoms. The van der Waals surface area contributed by atoms with Crippen LogP contribution in [0.25, 0.3) is 0 Å². The van der Waals surface area contributed by atoms with E-state index in [0.717, 1.165) is 0 Å². The van der Waals surface area contributed by atoms with Gasteiger partial charge in [0.05, 0.1) is 0 Å². The first-order chi connectivity index (χ1) is 0. The maximum absolute atomic E-state index is 0. The summed E-state index contributed by atoms with van der Waals surface area (Å²) in [5.41, 5.74) is 0. The molecule has 0 fully saturated rings. The van der Waals surface area contributed by atoms with Gasteiger partial charge in [0, 0.05) is 0 Å². The van der Waals surface area contributed by atoms with Gasteiger partial charge in [-0.05, 0) is 0 Å². The summed E-state index contributed by atoms with van der Waals surface area (Å²) < 4.78 is 0. The molecule has 0 aromatic rings. The van der Waals surface area contributed by atoms with Crippen molar-refractivity contribution in [2.75, 3.05) is 0 Å². The van der Waals surface area contributed by atoms with Gasteiger partial charge in [0.25, 0.3) is 0 Å². The van der Waals surface area contributed by atoms with Gasteiger partial charge in [-0.15, -0.1) is 0 Å². The van der Waals surface area contributed by atoms with E-state index < -0.39 is 0 Å². The molecule has 0 aromatic carbocycles. The summed E-state index contributed by atoms with van der Waals surface area (Å²) >= 11 is 0. The Morgan fingerprint density at radius 1 is 0.333 bits per heavy atom. The van der Waals surface area contributed by atoms with Crippen LogP contribution in [0.3, 0.4) is 0 Å². The molecule has 0 heterocycles. The largest absolute Gasteiger partial charge is 2.00 e. The fourth-order valence-corrected chi connectivity index (χ4v) is 0. The van der Waals surface area contributed by atoms with Crippen LogP contribution in [0, 0.1) is 0 Å². The molecule has 0 N–H and O–H groups in total. The van der Waals surface area contributed by atoms with Gasteiger partial charge in [0.1, 0.15) is 0 Å². The van der Waals surface area contributed by atoms with Gasteiger partial charge in [0.2, 0.25) is 0 Å². The first kappa shape index (κ1) is 54.3. The van der Waals surface area contributed by atoms with E-state index in [-0.39, 0.29) is 117 Å². The SMILES string of the molecule is [Cl-].[Cl-].[Mg+2].[Mg+2].[Mg+2].[Mg+2]. The molecule has 0 atom stereocenters. The van der Waals surface area contributed by atoms with Crippen LogP contribution in [0.15, 0.2) is 0 Å². The Labute approximate surface area is 115 Å². The van der Waals surface area contributed by atoms with Crippen molar-refractivity contribution in [3.63, 3.8) is 0 Å². The molecule has 0 bridgehead atoms. The van der Waals surface area contributed by atoms with Crippen LogP contribution in [-0.2, 0) is 0 Å². The van der Waals surface area contributed by atoms with Crippen LogP contribution in [0.1, 0.15) is 0 Å². The molecule has 0 rings (SSSR count). The first-order valence-corrected chi connectivity index (χ1v) is 0. The normalized spacial score (nSPS) is 0. The zero-order valence-corrected chi connectivity index (χ0v) is 10.8. The Kier molecular flexibility index (Phi) is 344. The van der Waals surface area contributed by atoms with Gasteiger partial charge < -0.3 is 24.8 Å². The second kappa shape index (κ2) is 38.0. The van der Waals surface area contributed by atoms with E-state index in [1.807, 2.05) is 0 Å². The molecular weight excluding hydrogens is 168 g/mol. The molecule has 0 saturated heterocycles. The second-order valence-electron chi connectivity index (χ2n) is 0. The van der Waals surface area contributed by atoms with Crippen LogP contribution in [0.5, 0.6) is 0 Å². The van der Waals surface area contributed by atoms with Gasteiger partial charge in [-0.2, -0.15) is 0 Å². The van der Waals surface area contributed by atoms with Crippen LogP contribution >= 0.6 is 0 Å². The van der Waals surface area contributed by atoms with Gasteiger partial charge in [-0.1, -0.05) is 0 Å². The van der Waals surface area contributed by atoms with E-state index in [0.29, 0.717) is 0 Å². The van der Waals surface area contributed by atoms with Crippen molar-refractivity contribution in [3.05, 3.63) is 0 Å². The van der Waals surface area contributed by atoms with E-state index in [2.05, 4.69) is 0 Å². The minimum atomic E-state index is 0. The number of halogens is 2. The second-order valence-corrected chi connectivity index (χ2v) is 0. The fraction of sp³-hybridized carbons (Fsp3) is 0. The zero-order chi connectivity index (χ0) is 0. The van der Waals surface area contributed by atoms with E-state index in [1.54, 1.807) is 0 Å². The van der Waals surface area contributed by atoms with Crippen molar-refractivity contribution < 1.29 is 24.8 Å². The molecule has 0 aliphatic rings. The quantitative estimate of drug-likeness (QED) is 0.315. The molecule has 0 saturated carbocycles. The summed E-state index contributed by atoms with van der Waals surface area (Å²) in [4.78, 5) is 0. The van der Waals surface area contributed by atoms with Gasteiger partial charge >= 0.3 is 92.2 Å². The number of hydrogen-bond acceptors (Lipinski definition) is 0. The summed E-state index contributed by atoms with van der Waals surface area (Å²) in [6, 6.07) is 0. The molecular formula is Cl2Mg4+6. The fourth-order valence-electron chi connectivity index (χ4n) is 0. The zero-order valence-electron chi connectivity index (χ0n) is 3.58. The molecule has 0 radical (unpaired) electrons. The topological polar surface area (TPSA) is 0 Å². The predicted octanol–water partition coefficient (Wildman–Crippen LogP) is -7.52. The molecule has 16 valence electrons. The smallest absolute Gasteiger partial charge is 1.00 e. The van der Waals surface area contributed by atoms with E-state index in [1.165, 1.54) is 0 Å². The van der Waals surface area contributed by atoms with Crippen molar-refractivity contribution in [2.45, 2.75) is 0 Å². The van der Waals surface area contributed by atoms with Gasteiger partial charge in [0.15, 0.2) is 0 Å². The molecule has 0 nitrogen and oxygen atoms in total. The third-order valence-electron chi connectivity index (χ3n) is 0. The standard InChI is InChI=1S/2ClH.4Mg/h2*1H;;;;/q;;4*+2/p-2. The van der Waals surface area contributed by atoms with Crippen molar-refractivity contribution in [1.82, 2.24) is 0 Å². The van der Waals surface area contributed by atoms with Crippen LogP contribution in [-0.4, -0.2) is 92.2 Å². The third kappa shape index (κ3) is 25.4. The van der Waals surface area contributed by atoms with Crippen molar-refractivity contribution in [3.8, 4) is 0 Å². The van der Waals surface area contributed by atoms with Crippen molar-refractivity contribution in [1.29, 1.82) is 0 Å². The summed E-state index contributed by atoms with van der Waals surface area (Å²) in [5.74, 6) is 0. The minimum absolute atomic E-state index is 0. The summed E-state index contributed by atoms with van der Waals surface area (Å²) in [6.45, 7) is 0. The molecule has 0 aliphatic heterocycles. The Bertz CT molecular complexity index is 5.51. The van der Waals surface area contributed by atoms with Crippen LogP contribution < -0.4 is 24.8 Å². The molecule has 0 aromatic heterocycles. The van der Waals surface area contributed by atoms with E-state index in [9.17, 15) is 0 Å². The van der Waals surface area contributed by atoms with E-state index >= 15 is 0 Å². The molecule has 6 heteroatoms. The third-order valence-corrected chi connectivity index (χ3v) is 0. The first-order valence-electron chi connectivity index (χ1n) is 0. The maximum Gasteiger partial charge on any atom is 2.00 e. The van der Waals surface area contributed by atoms with Crippen LogP contribution in [0.4, 0.5) is 0 Å². The molecule has 0 aliphatic carbocycles. The minimum Gasteiger partial charge on any atom is -1.00 e. The maximum atomic E-state index is 0. The summed E-state index contributed by atoms with van der Waals surface area (Å²) in [5, 5.41) is 0. The molecule has 6 heavy (non-hydrogen) atoms. The van der Waals surface area contributed by atoms with E-state index in [4.69, 9.17) is 0 Å². The Morgan fingerprint density at radius 3 is 0.333 bits per heavy atom. The summed E-state index contributed by atoms with van der Waals surface area (Å²) in [6.07, 6.45) is 0. The average Bonchev–Trinajstić information content (AvgIpc) is 0.